The van der Waals surface area contributed by atoms with E-state index < -0.39 is 17.6 Å². The zero-order valence-corrected chi connectivity index (χ0v) is 22.1. The van der Waals surface area contributed by atoms with Crippen LogP contribution >= 0.6 is 0 Å². The summed E-state index contributed by atoms with van der Waals surface area (Å²) < 4.78 is 42.1. The number of aliphatic hydroxyl groups excluding tert-OH is 1. The Balaban J connectivity index is 1.36. The summed E-state index contributed by atoms with van der Waals surface area (Å²) in [6.45, 7) is 5.33. The monoisotopic (exact) mass is 549 g/mol. The predicted octanol–water partition coefficient (Wildman–Crippen LogP) is 4.99. The molecule has 1 aliphatic heterocycles. The van der Waals surface area contributed by atoms with E-state index in [2.05, 4.69) is 20.4 Å². The van der Waals surface area contributed by atoms with Crippen LogP contribution in [0.3, 0.4) is 0 Å². The molecule has 5 rings (SSSR count). The molecule has 0 saturated carbocycles. The molecule has 1 aliphatic rings. The van der Waals surface area contributed by atoms with Crippen molar-refractivity contribution in [2.75, 3.05) is 44.6 Å². The van der Waals surface area contributed by atoms with Crippen molar-refractivity contribution in [3.8, 4) is 11.1 Å². The summed E-state index contributed by atoms with van der Waals surface area (Å²) in [6.07, 6.45) is -2.92. The molecular weight excluding hydrogens is 519 g/mol. The lowest BCUT2D eigenvalue weighted by Crippen LogP contribution is -2.46. The van der Waals surface area contributed by atoms with E-state index in [0.717, 1.165) is 33.7 Å². The van der Waals surface area contributed by atoms with E-state index >= 15 is 0 Å². The molecule has 3 aromatic carbocycles. The first-order valence-corrected chi connectivity index (χ1v) is 13.1. The third-order valence-electron chi connectivity index (χ3n) is 7.28. The summed E-state index contributed by atoms with van der Waals surface area (Å²) >= 11 is 0. The van der Waals surface area contributed by atoms with Gasteiger partial charge < -0.3 is 10.4 Å². The van der Waals surface area contributed by atoms with Crippen molar-refractivity contribution in [1.82, 2.24) is 20.0 Å². The van der Waals surface area contributed by atoms with Gasteiger partial charge in [-0.1, -0.05) is 30.3 Å². The van der Waals surface area contributed by atoms with Crippen LogP contribution in [-0.2, 0) is 12.7 Å². The summed E-state index contributed by atoms with van der Waals surface area (Å²) in [4.78, 5) is 17.2. The molecule has 1 amide bonds. The number of halogens is 3. The van der Waals surface area contributed by atoms with Crippen LogP contribution in [0.1, 0.15) is 27.0 Å². The molecule has 1 saturated heterocycles. The molecule has 0 spiro atoms. The maximum atomic E-state index is 14.0. The molecule has 10 heteroatoms. The van der Waals surface area contributed by atoms with Gasteiger partial charge in [0, 0.05) is 61.5 Å². The largest absolute Gasteiger partial charge is 0.416 e. The maximum absolute atomic E-state index is 14.0. The van der Waals surface area contributed by atoms with E-state index in [4.69, 9.17) is 5.11 Å². The molecule has 2 heterocycles. The number of hydrogen-bond acceptors (Lipinski definition) is 6. The number of piperazine rings is 1. The van der Waals surface area contributed by atoms with Gasteiger partial charge in [-0.15, -0.1) is 0 Å². The lowest BCUT2D eigenvalue weighted by atomic mass is 9.96. The van der Waals surface area contributed by atoms with Crippen LogP contribution in [0.5, 0.6) is 0 Å². The Hall–Kier alpha value is -3.86. The fourth-order valence-electron chi connectivity index (χ4n) is 5.09. The Morgan fingerprint density at radius 2 is 1.73 bits per heavy atom. The lowest BCUT2D eigenvalue weighted by molar-refractivity contribution is -0.138. The molecule has 0 radical (unpaired) electrons. The van der Waals surface area contributed by atoms with Crippen LogP contribution < -0.4 is 5.32 Å². The Bertz CT molecular complexity index is 1510. The zero-order valence-electron chi connectivity index (χ0n) is 22.1. The van der Waals surface area contributed by atoms with Crippen molar-refractivity contribution in [3.05, 3.63) is 89.1 Å². The second kappa shape index (κ2) is 11.7. The lowest BCUT2D eigenvalue weighted by Gasteiger charge is -2.34. The number of β-amino-alcohol motifs (C(OH)–C–C–N with tert-alkyl or cyclic N) is 1. The number of carbonyl (C=O) groups is 1. The van der Waals surface area contributed by atoms with Crippen LogP contribution in [0.2, 0.25) is 0 Å². The first-order valence-electron chi connectivity index (χ1n) is 13.1. The molecule has 0 atom stereocenters. The average molecular weight is 550 g/mol. The van der Waals surface area contributed by atoms with Crippen molar-refractivity contribution in [2.24, 2.45) is 0 Å². The molecule has 0 aliphatic carbocycles. The van der Waals surface area contributed by atoms with E-state index in [-0.39, 0.29) is 24.4 Å². The number of anilines is 1. The number of aliphatic hydroxyl groups is 1. The van der Waals surface area contributed by atoms with Gasteiger partial charge in [0.25, 0.3) is 5.91 Å². The summed E-state index contributed by atoms with van der Waals surface area (Å²) in [6, 6.07) is 16.7. The summed E-state index contributed by atoms with van der Waals surface area (Å²) in [7, 11) is 0. The molecule has 2 N–H and O–H groups in total. The number of rotatable bonds is 7. The predicted molar refractivity (Wildman–Crippen MR) is 148 cm³/mol. The van der Waals surface area contributed by atoms with Crippen molar-refractivity contribution in [3.63, 3.8) is 0 Å². The number of benzene rings is 3. The minimum atomic E-state index is -4.57. The van der Waals surface area contributed by atoms with Crippen molar-refractivity contribution in [1.29, 1.82) is 0 Å². The van der Waals surface area contributed by atoms with E-state index in [1.807, 2.05) is 42.2 Å². The van der Waals surface area contributed by atoms with Gasteiger partial charge in [0.15, 0.2) is 0 Å². The fraction of sp³-hybridized carbons (Fsp3) is 0.300. The van der Waals surface area contributed by atoms with Gasteiger partial charge in [-0.05, 0) is 53.9 Å². The number of aryl methyl sites for hydroxylation is 1. The van der Waals surface area contributed by atoms with Gasteiger partial charge in [0.2, 0.25) is 0 Å². The first kappa shape index (κ1) is 27.7. The van der Waals surface area contributed by atoms with Gasteiger partial charge in [0.05, 0.1) is 23.9 Å². The number of hydrogen-bond donors (Lipinski definition) is 2. The third-order valence-corrected chi connectivity index (χ3v) is 7.28. The van der Waals surface area contributed by atoms with Crippen molar-refractivity contribution in [2.45, 2.75) is 19.6 Å². The molecule has 208 valence electrons. The van der Waals surface area contributed by atoms with Gasteiger partial charge in [-0.3, -0.25) is 14.6 Å². The number of amides is 1. The van der Waals surface area contributed by atoms with Crippen LogP contribution in [0.15, 0.2) is 66.9 Å². The highest BCUT2D eigenvalue weighted by atomic mass is 19.4. The Morgan fingerprint density at radius 1 is 0.975 bits per heavy atom. The van der Waals surface area contributed by atoms with Gasteiger partial charge in [-0.25, -0.2) is 0 Å². The van der Waals surface area contributed by atoms with Crippen molar-refractivity contribution >= 4 is 22.5 Å². The third kappa shape index (κ3) is 6.14. The Labute approximate surface area is 230 Å². The molecule has 4 aromatic rings. The quantitative estimate of drug-likeness (QED) is 0.338. The minimum Gasteiger partial charge on any atom is -0.395 e. The van der Waals surface area contributed by atoms with E-state index in [1.54, 1.807) is 18.3 Å². The maximum Gasteiger partial charge on any atom is 0.416 e. The number of carbonyl (C=O) groups excluding carboxylic acids is 1. The number of nitrogens with zero attached hydrogens (tertiary/aromatic N) is 4. The highest BCUT2D eigenvalue weighted by Crippen LogP contribution is 2.35. The van der Waals surface area contributed by atoms with Crippen LogP contribution in [0, 0.1) is 6.92 Å². The van der Waals surface area contributed by atoms with Crippen LogP contribution in [0.4, 0.5) is 18.9 Å². The van der Waals surface area contributed by atoms with E-state index in [0.29, 0.717) is 38.3 Å². The molecule has 40 heavy (non-hydrogen) atoms. The second-order valence-electron chi connectivity index (χ2n) is 9.97. The molecule has 7 nitrogen and oxygen atoms in total. The summed E-state index contributed by atoms with van der Waals surface area (Å²) in [5.41, 5.74) is 3.06. The van der Waals surface area contributed by atoms with Crippen molar-refractivity contribution < 1.29 is 23.1 Å². The van der Waals surface area contributed by atoms with Gasteiger partial charge in [-0.2, -0.15) is 23.4 Å². The molecule has 0 unspecified atom stereocenters. The van der Waals surface area contributed by atoms with Crippen LogP contribution in [0.25, 0.3) is 22.0 Å². The van der Waals surface area contributed by atoms with E-state index in [9.17, 15) is 18.0 Å². The number of alkyl halides is 3. The second-order valence-corrected chi connectivity index (χ2v) is 9.97. The topological polar surface area (TPSA) is 81.6 Å². The highest BCUT2D eigenvalue weighted by molar-refractivity contribution is 6.06. The molecule has 1 aromatic heterocycles. The number of aromatic nitrogens is 2. The van der Waals surface area contributed by atoms with E-state index in [1.165, 1.54) is 12.1 Å². The Morgan fingerprint density at radius 3 is 2.48 bits per heavy atom. The normalized spacial score (nSPS) is 14.9. The fourth-order valence-corrected chi connectivity index (χ4v) is 5.09. The average Bonchev–Trinajstić information content (AvgIpc) is 2.94. The SMILES string of the molecule is Cc1ccc(C(=O)Nc2ccc(CN3CCN(CCO)CC3)c(C(F)(F)F)c2)cc1-c1cnnc2ccccc12. The smallest absolute Gasteiger partial charge is 0.395 e. The minimum absolute atomic E-state index is 0.0627. The first-order chi connectivity index (χ1) is 19.2. The number of nitrogens with one attached hydrogen (secondary N) is 1. The molecule has 0 bridgehead atoms. The summed E-state index contributed by atoms with van der Waals surface area (Å²) in [5.74, 6) is -0.506. The molecular formula is C30H30F3N5O2. The highest BCUT2D eigenvalue weighted by Gasteiger charge is 2.34. The number of fused-ring (bicyclic) bond motifs is 1. The molecule has 1 fully saturated rings. The van der Waals surface area contributed by atoms with Gasteiger partial charge >= 0.3 is 6.18 Å². The summed E-state index contributed by atoms with van der Waals surface area (Å²) in [5, 5.41) is 20.9. The van der Waals surface area contributed by atoms with Gasteiger partial charge in [0.1, 0.15) is 0 Å². The standard InChI is InChI=1S/C30H30F3N5O2/c1-20-6-7-21(16-25(20)26-18-34-36-28-5-3-2-4-24(26)28)29(40)35-23-9-8-22(27(17-23)30(31,32)33)19-38-12-10-37(11-13-38)14-15-39/h2-9,16-18,39H,10-15,19H2,1H3,(H,35,40). The van der Waals surface area contributed by atoms with Crippen LogP contribution in [-0.4, -0.2) is 70.3 Å². The zero-order chi connectivity index (χ0) is 28.3. The Kier molecular flexibility index (Phi) is 8.11.